The number of nitrogens with zero attached hydrogens (tertiary/aromatic N) is 6. The number of hydrogen-bond acceptors (Lipinski definition) is 7. The molecule has 1 fully saturated rings. The molecule has 1 saturated heterocycles. The van der Waals surface area contributed by atoms with Crippen molar-refractivity contribution in [3.8, 4) is 16.9 Å². The van der Waals surface area contributed by atoms with Crippen molar-refractivity contribution in [1.82, 2.24) is 24.4 Å². The van der Waals surface area contributed by atoms with Gasteiger partial charge < -0.3 is 9.80 Å². The smallest absolute Gasteiger partial charge is 0.347 e. The number of carbonyl (C=O) groups excluding carboxylic acids is 2. The summed E-state index contributed by atoms with van der Waals surface area (Å²) >= 11 is 6.80. The molecular weight excluding hydrogens is 571 g/mol. The van der Waals surface area contributed by atoms with Crippen LogP contribution in [0.5, 0.6) is 0 Å². The van der Waals surface area contributed by atoms with E-state index in [0.29, 0.717) is 42.0 Å². The van der Waals surface area contributed by atoms with Gasteiger partial charge in [-0.05, 0) is 56.5 Å². The summed E-state index contributed by atoms with van der Waals surface area (Å²) in [5.41, 5.74) is 1.58. The highest BCUT2D eigenvalue weighted by Crippen LogP contribution is 2.37. The van der Waals surface area contributed by atoms with E-state index in [1.54, 1.807) is 23.2 Å². The van der Waals surface area contributed by atoms with Crippen molar-refractivity contribution in [2.45, 2.75) is 52.6 Å². The first kappa shape index (κ1) is 30.0. The zero-order valence-corrected chi connectivity index (χ0v) is 25.4. The number of halogens is 2. The molecule has 0 bridgehead atoms. The van der Waals surface area contributed by atoms with Crippen LogP contribution >= 0.6 is 11.6 Å². The van der Waals surface area contributed by atoms with Crippen LogP contribution < -0.4 is 10.6 Å². The fourth-order valence-corrected chi connectivity index (χ4v) is 6.15. The Morgan fingerprint density at radius 2 is 1.86 bits per heavy atom. The van der Waals surface area contributed by atoms with Gasteiger partial charge in [-0.1, -0.05) is 44.2 Å². The van der Waals surface area contributed by atoms with Crippen molar-refractivity contribution in [1.29, 1.82) is 0 Å². The van der Waals surface area contributed by atoms with Crippen LogP contribution in [0.25, 0.3) is 28.0 Å². The monoisotopic (exact) mass is 602 g/mol. The van der Waals surface area contributed by atoms with Crippen LogP contribution in [0.3, 0.4) is 0 Å². The number of rotatable bonds is 6. The molecule has 222 valence electrons. The molecule has 0 unspecified atom stereocenters. The van der Waals surface area contributed by atoms with Gasteiger partial charge in [0.25, 0.3) is 0 Å². The molecule has 0 N–H and O–H groups in total. The third-order valence-electron chi connectivity index (χ3n) is 7.79. The number of amides is 1. The van der Waals surface area contributed by atoms with Crippen molar-refractivity contribution in [3.05, 3.63) is 87.3 Å². The summed E-state index contributed by atoms with van der Waals surface area (Å²) in [5.74, 6) is -0.552. The number of pyridine rings is 2. The molecule has 1 aromatic carbocycles. The summed E-state index contributed by atoms with van der Waals surface area (Å²) < 4.78 is 16.6. The lowest BCUT2D eigenvalue weighted by molar-refractivity contribution is -0.127. The zero-order chi connectivity index (χ0) is 31.2. The molecule has 1 aliphatic rings. The molecule has 0 saturated carbocycles. The second-order valence-electron chi connectivity index (χ2n) is 11.1. The number of aromatic nitrogens is 4. The van der Waals surface area contributed by atoms with Crippen molar-refractivity contribution in [2.24, 2.45) is 0 Å². The Morgan fingerprint density at radius 3 is 2.49 bits per heavy atom. The highest BCUT2D eigenvalue weighted by atomic mass is 35.5. The van der Waals surface area contributed by atoms with E-state index in [-0.39, 0.29) is 51.4 Å². The lowest BCUT2D eigenvalue weighted by atomic mass is 10.0. The van der Waals surface area contributed by atoms with Crippen LogP contribution in [0, 0.1) is 12.7 Å². The number of anilines is 1. The molecular formula is C32H32ClFN6O3. The highest BCUT2D eigenvalue weighted by Gasteiger charge is 2.34. The fraction of sp³-hybridized carbons (Fsp3) is 0.312. The molecule has 4 aromatic rings. The number of hydrogen-bond donors (Lipinski definition) is 0. The maximum Gasteiger partial charge on any atom is 0.355 e. The van der Waals surface area contributed by atoms with Gasteiger partial charge in [0.1, 0.15) is 11.6 Å². The first-order valence-corrected chi connectivity index (χ1v) is 14.4. The van der Waals surface area contributed by atoms with Crippen molar-refractivity contribution in [2.75, 3.05) is 18.0 Å². The first-order chi connectivity index (χ1) is 20.5. The SMILES string of the molecule is C=CC(=O)N1C[C@H](C)N(c2nc(=O)n(-c3c(C)ccnc3C(C)C)c3nc(-c4c(F)cccc4C=O)c(Cl)cc23)[C@@H](C)C1. The molecule has 3 aromatic heterocycles. The summed E-state index contributed by atoms with van der Waals surface area (Å²) in [4.78, 5) is 56.1. The van der Waals surface area contributed by atoms with Gasteiger partial charge in [-0.15, -0.1) is 0 Å². The van der Waals surface area contributed by atoms with Gasteiger partial charge in [-0.3, -0.25) is 14.6 Å². The Morgan fingerprint density at radius 1 is 1.16 bits per heavy atom. The fourth-order valence-electron chi connectivity index (χ4n) is 5.90. The van der Waals surface area contributed by atoms with Gasteiger partial charge in [-0.2, -0.15) is 4.98 Å². The minimum atomic E-state index is -0.674. The largest absolute Gasteiger partial charge is 0.355 e. The zero-order valence-electron chi connectivity index (χ0n) is 24.6. The second kappa shape index (κ2) is 11.7. The second-order valence-corrected chi connectivity index (χ2v) is 11.5. The van der Waals surface area contributed by atoms with E-state index in [9.17, 15) is 14.4 Å². The van der Waals surface area contributed by atoms with Crippen LogP contribution in [0.1, 0.15) is 55.2 Å². The van der Waals surface area contributed by atoms with Crippen LogP contribution in [0.2, 0.25) is 5.02 Å². The molecule has 0 aliphatic carbocycles. The van der Waals surface area contributed by atoms with E-state index < -0.39 is 11.5 Å². The lowest BCUT2D eigenvalue weighted by Crippen LogP contribution is -2.58. The molecule has 11 heteroatoms. The molecule has 4 heterocycles. The predicted octanol–water partition coefficient (Wildman–Crippen LogP) is 5.49. The average Bonchev–Trinajstić information content (AvgIpc) is 2.96. The maximum atomic E-state index is 15.2. The molecule has 9 nitrogen and oxygen atoms in total. The Balaban J connectivity index is 1.87. The Bertz CT molecular complexity index is 1830. The maximum absolute atomic E-state index is 15.2. The predicted molar refractivity (Wildman–Crippen MR) is 166 cm³/mol. The molecule has 43 heavy (non-hydrogen) atoms. The van der Waals surface area contributed by atoms with Gasteiger partial charge in [-0.25, -0.2) is 18.7 Å². The summed E-state index contributed by atoms with van der Waals surface area (Å²) in [5, 5.41) is 0.541. The molecule has 0 radical (unpaired) electrons. The van der Waals surface area contributed by atoms with Gasteiger partial charge in [0, 0.05) is 42.5 Å². The Kier molecular flexibility index (Phi) is 8.16. The summed E-state index contributed by atoms with van der Waals surface area (Å²) in [6, 6.07) is 7.10. The molecule has 1 amide bonds. The van der Waals surface area contributed by atoms with Crippen molar-refractivity contribution in [3.63, 3.8) is 0 Å². The third kappa shape index (κ3) is 5.20. The number of carbonyl (C=O) groups is 2. The Labute approximate surface area is 253 Å². The van der Waals surface area contributed by atoms with E-state index in [2.05, 4.69) is 16.5 Å². The standard InChI is InChI=1S/C32H32ClFN6O3/c1-7-25(42)38-14-19(5)39(20(6)15-38)31-22-13-23(33)28(26-21(16-41)9-8-10-24(26)34)36-30(22)40(32(43)37-31)29-18(4)11-12-35-27(29)17(2)3/h7-13,16-17,19-20H,1,14-15H2,2-6H3/t19-,20-/m0/s1. The quantitative estimate of drug-likeness (QED) is 0.212. The van der Waals surface area contributed by atoms with E-state index in [1.807, 2.05) is 39.5 Å². The van der Waals surface area contributed by atoms with Crippen LogP contribution in [0.15, 0.2) is 54.0 Å². The van der Waals surface area contributed by atoms with Gasteiger partial charge >= 0.3 is 5.69 Å². The van der Waals surface area contributed by atoms with Crippen molar-refractivity contribution < 1.29 is 14.0 Å². The van der Waals surface area contributed by atoms with Crippen LogP contribution in [0.4, 0.5) is 10.2 Å². The number of aldehydes is 1. The topological polar surface area (TPSA) is 101 Å². The number of benzene rings is 1. The lowest BCUT2D eigenvalue weighted by Gasteiger charge is -2.45. The Hall–Kier alpha value is -4.44. The van der Waals surface area contributed by atoms with E-state index in [1.165, 1.54) is 28.8 Å². The highest BCUT2D eigenvalue weighted by molar-refractivity contribution is 6.34. The minimum absolute atomic E-state index is 0.0230. The van der Waals surface area contributed by atoms with E-state index in [4.69, 9.17) is 16.6 Å². The van der Waals surface area contributed by atoms with E-state index in [0.717, 1.165) is 5.56 Å². The molecule has 5 rings (SSSR count). The third-order valence-corrected chi connectivity index (χ3v) is 8.07. The van der Waals surface area contributed by atoms with Crippen molar-refractivity contribution >= 4 is 40.6 Å². The number of fused-ring (bicyclic) bond motifs is 1. The van der Waals surface area contributed by atoms with E-state index >= 15 is 4.39 Å². The molecule has 0 spiro atoms. The molecule has 2 atom stereocenters. The number of aryl methyl sites for hydroxylation is 1. The normalized spacial score (nSPS) is 17.0. The summed E-state index contributed by atoms with van der Waals surface area (Å²) in [6.07, 6.45) is 3.51. The minimum Gasteiger partial charge on any atom is -0.347 e. The summed E-state index contributed by atoms with van der Waals surface area (Å²) in [7, 11) is 0. The first-order valence-electron chi connectivity index (χ1n) is 14.0. The van der Waals surface area contributed by atoms with Crippen LogP contribution in [-0.4, -0.2) is 61.8 Å². The van der Waals surface area contributed by atoms with Gasteiger partial charge in [0.15, 0.2) is 11.9 Å². The number of piperazine rings is 1. The van der Waals surface area contributed by atoms with Crippen LogP contribution in [-0.2, 0) is 4.79 Å². The molecule has 1 aliphatic heterocycles. The average molecular weight is 603 g/mol. The van der Waals surface area contributed by atoms with Gasteiger partial charge in [0.05, 0.1) is 27.5 Å². The van der Waals surface area contributed by atoms with Gasteiger partial charge in [0.2, 0.25) is 5.91 Å². The summed E-state index contributed by atoms with van der Waals surface area (Å²) in [6.45, 7) is 14.1.